The minimum Gasteiger partial charge on any atom is -0.379 e. The molecule has 1 N–H and O–H groups in total. The van der Waals surface area contributed by atoms with E-state index in [4.69, 9.17) is 16.3 Å². The Hall–Kier alpha value is -1.58. The van der Waals surface area contributed by atoms with Gasteiger partial charge >= 0.3 is 0 Å². The molecule has 29 heavy (non-hydrogen) atoms. The number of morpholine rings is 1. The molecule has 1 saturated heterocycles. The van der Waals surface area contributed by atoms with Gasteiger partial charge in [0.15, 0.2) is 0 Å². The molecule has 0 radical (unpaired) electrons. The van der Waals surface area contributed by atoms with Crippen molar-refractivity contribution in [1.82, 2.24) is 4.31 Å². The first-order valence-corrected chi connectivity index (χ1v) is 12.1. The van der Waals surface area contributed by atoms with Crippen LogP contribution >= 0.6 is 23.4 Å². The molecule has 1 amide bonds. The maximum absolute atomic E-state index is 12.9. The van der Waals surface area contributed by atoms with Crippen LogP contribution in [0.1, 0.15) is 11.1 Å². The van der Waals surface area contributed by atoms with Gasteiger partial charge in [-0.1, -0.05) is 41.4 Å². The molecule has 156 valence electrons. The average molecular weight is 455 g/mol. The monoisotopic (exact) mass is 454 g/mol. The fraction of sp³-hybridized carbons (Fsp3) is 0.350. The van der Waals surface area contributed by atoms with Crippen molar-refractivity contribution >= 4 is 45.0 Å². The van der Waals surface area contributed by atoms with Gasteiger partial charge in [-0.15, -0.1) is 11.8 Å². The van der Waals surface area contributed by atoms with Crippen molar-refractivity contribution < 1.29 is 17.9 Å². The number of hydrogen-bond acceptors (Lipinski definition) is 5. The van der Waals surface area contributed by atoms with Gasteiger partial charge < -0.3 is 10.1 Å². The van der Waals surface area contributed by atoms with Gasteiger partial charge in [-0.05, 0) is 30.7 Å². The van der Waals surface area contributed by atoms with Gasteiger partial charge in [0.1, 0.15) is 4.90 Å². The molecule has 1 heterocycles. The fourth-order valence-corrected chi connectivity index (χ4v) is 5.65. The van der Waals surface area contributed by atoms with Crippen LogP contribution in [0.3, 0.4) is 0 Å². The Morgan fingerprint density at radius 1 is 1.21 bits per heavy atom. The normalized spacial score (nSPS) is 15.2. The number of benzene rings is 2. The average Bonchev–Trinajstić information content (AvgIpc) is 2.70. The number of ether oxygens (including phenoxy) is 1. The Bertz CT molecular complexity index is 976. The van der Waals surface area contributed by atoms with E-state index in [1.54, 1.807) is 6.07 Å². The SMILES string of the molecule is Cc1cccc(CSCC(=O)Nc2ccc(Cl)c(S(=O)(=O)N3CCOCC3)c2)c1. The Morgan fingerprint density at radius 2 is 1.97 bits per heavy atom. The summed E-state index contributed by atoms with van der Waals surface area (Å²) in [6, 6.07) is 12.6. The summed E-state index contributed by atoms with van der Waals surface area (Å²) in [6.45, 7) is 3.30. The zero-order valence-corrected chi connectivity index (χ0v) is 18.4. The molecule has 0 bridgehead atoms. The number of hydrogen-bond donors (Lipinski definition) is 1. The molecular formula is C20H23ClN2O4S2. The number of aryl methyl sites for hydroxylation is 1. The first-order valence-electron chi connectivity index (χ1n) is 9.17. The minimum absolute atomic E-state index is 0.00807. The summed E-state index contributed by atoms with van der Waals surface area (Å²) in [7, 11) is -3.74. The van der Waals surface area contributed by atoms with Gasteiger partial charge in [0.25, 0.3) is 0 Å². The van der Waals surface area contributed by atoms with E-state index < -0.39 is 10.0 Å². The Kier molecular flexibility index (Phi) is 7.59. The van der Waals surface area contributed by atoms with Crippen molar-refractivity contribution in [2.75, 3.05) is 37.4 Å². The summed E-state index contributed by atoms with van der Waals surface area (Å²) in [4.78, 5) is 12.3. The number of amides is 1. The quantitative estimate of drug-likeness (QED) is 0.692. The third-order valence-corrected chi connectivity index (χ3v) is 7.77. The summed E-state index contributed by atoms with van der Waals surface area (Å²) in [5.74, 6) is 0.800. The highest BCUT2D eigenvalue weighted by Crippen LogP contribution is 2.28. The highest BCUT2D eigenvalue weighted by Gasteiger charge is 2.28. The standard InChI is InChI=1S/C20H23ClN2O4S2/c1-15-3-2-4-16(11-15)13-28-14-20(24)22-17-5-6-18(21)19(12-17)29(25,26)23-7-9-27-10-8-23/h2-6,11-12H,7-10,13-14H2,1H3,(H,22,24). The molecule has 2 aromatic carbocycles. The second-order valence-corrected chi connectivity index (χ2v) is 9.99. The van der Waals surface area contributed by atoms with Gasteiger partial charge in [0.2, 0.25) is 15.9 Å². The molecule has 1 aliphatic heterocycles. The maximum Gasteiger partial charge on any atom is 0.244 e. The third kappa shape index (κ3) is 5.96. The van der Waals surface area contributed by atoms with Crippen LogP contribution in [-0.4, -0.2) is 50.7 Å². The van der Waals surface area contributed by atoms with E-state index in [9.17, 15) is 13.2 Å². The van der Waals surface area contributed by atoms with Crippen molar-refractivity contribution in [2.45, 2.75) is 17.6 Å². The lowest BCUT2D eigenvalue weighted by molar-refractivity contribution is -0.113. The number of nitrogens with zero attached hydrogens (tertiary/aromatic N) is 1. The molecule has 1 aliphatic rings. The Labute approximate surface area is 180 Å². The highest BCUT2D eigenvalue weighted by molar-refractivity contribution is 7.99. The molecule has 0 saturated carbocycles. The lowest BCUT2D eigenvalue weighted by Crippen LogP contribution is -2.40. The predicted molar refractivity (Wildman–Crippen MR) is 117 cm³/mol. The number of nitrogens with one attached hydrogen (secondary N) is 1. The lowest BCUT2D eigenvalue weighted by Gasteiger charge is -2.26. The third-order valence-electron chi connectivity index (χ3n) is 4.39. The van der Waals surface area contributed by atoms with Crippen molar-refractivity contribution in [2.24, 2.45) is 0 Å². The maximum atomic E-state index is 12.9. The first kappa shape index (κ1) is 22.1. The van der Waals surface area contributed by atoms with Crippen molar-refractivity contribution in [1.29, 1.82) is 0 Å². The van der Waals surface area contributed by atoms with Crippen LogP contribution in [0, 0.1) is 6.92 Å². The summed E-state index contributed by atoms with van der Waals surface area (Å²) in [5.41, 5.74) is 2.75. The van der Waals surface area contributed by atoms with E-state index in [-0.39, 0.29) is 34.7 Å². The molecule has 9 heteroatoms. The Morgan fingerprint density at radius 3 is 2.69 bits per heavy atom. The number of rotatable bonds is 7. The molecule has 6 nitrogen and oxygen atoms in total. The van der Waals surface area contributed by atoms with Crippen LogP contribution in [-0.2, 0) is 25.3 Å². The van der Waals surface area contributed by atoms with Crippen molar-refractivity contribution in [3.05, 3.63) is 58.6 Å². The van der Waals surface area contributed by atoms with Crippen molar-refractivity contribution in [3.63, 3.8) is 0 Å². The number of carbonyl (C=O) groups excluding carboxylic acids is 1. The van der Waals surface area contributed by atoms with Crippen LogP contribution in [0.5, 0.6) is 0 Å². The van der Waals surface area contributed by atoms with Gasteiger partial charge in [0.05, 0.1) is 24.0 Å². The number of anilines is 1. The summed E-state index contributed by atoms with van der Waals surface area (Å²) < 4.78 is 32.3. The predicted octanol–water partition coefficient (Wildman–Crippen LogP) is 3.54. The van der Waals surface area contributed by atoms with E-state index in [0.717, 1.165) is 11.3 Å². The molecule has 0 aliphatic carbocycles. The Balaban J connectivity index is 1.62. The van der Waals surface area contributed by atoms with Gasteiger partial charge in [-0.2, -0.15) is 4.31 Å². The van der Waals surface area contributed by atoms with E-state index in [1.165, 1.54) is 33.8 Å². The second-order valence-electron chi connectivity index (χ2n) is 6.69. The molecule has 0 spiro atoms. The topological polar surface area (TPSA) is 75.7 Å². The van der Waals surface area contributed by atoms with Crippen LogP contribution < -0.4 is 5.32 Å². The van der Waals surface area contributed by atoms with Gasteiger partial charge in [-0.25, -0.2) is 8.42 Å². The molecule has 0 aromatic heterocycles. The van der Waals surface area contributed by atoms with Crippen LogP contribution in [0.4, 0.5) is 5.69 Å². The number of thioether (sulfide) groups is 1. The summed E-state index contributed by atoms with van der Waals surface area (Å²) >= 11 is 7.65. The van der Waals surface area contributed by atoms with Crippen LogP contribution in [0.2, 0.25) is 5.02 Å². The van der Waals surface area contributed by atoms with E-state index >= 15 is 0 Å². The molecule has 1 fully saturated rings. The number of carbonyl (C=O) groups is 1. The summed E-state index contributed by atoms with van der Waals surface area (Å²) in [6.07, 6.45) is 0. The zero-order chi connectivity index (χ0) is 20.9. The minimum atomic E-state index is -3.74. The second kappa shape index (κ2) is 9.95. The molecule has 3 rings (SSSR count). The van der Waals surface area contributed by atoms with Gasteiger partial charge in [0, 0.05) is 24.5 Å². The largest absolute Gasteiger partial charge is 0.379 e. The first-order chi connectivity index (χ1) is 13.9. The van der Waals surface area contributed by atoms with Crippen LogP contribution in [0.25, 0.3) is 0 Å². The number of halogens is 1. The van der Waals surface area contributed by atoms with Gasteiger partial charge in [-0.3, -0.25) is 4.79 Å². The number of sulfonamides is 1. The molecule has 2 aromatic rings. The fourth-order valence-electron chi connectivity index (χ4n) is 2.97. The lowest BCUT2D eigenvalue weighted by atomic mass is 10.2. The zero-order valence-electron chi connectivity index (χ0n) is 16.1. The summed E-state index contributed by atoms with van der Waals surface area (Å²) in [5, 5.41) is 2.88. The molecule has 0 unspecified atom stereocenters. The van der Waals surface area contributed by atoms with E-state index in [0.29, 0.717) is 18.9 Å². The van der Waals surface area contributed by atoms with Crippen LogP contribution in [0.15, 0.2) is 47.4 Å². The van der Waals surface area contributed by atoms with Crippen molar-refractivity contribution in [3.8, 4) is 0 Å². The smallest absolute Gasteiger partial charge is 0.244 e. The van der Waals surface area contributed by atoms with E-state index in [2.05, 4.69) is 11.4 Å². The molecular weight excluding hydrogens is 432 g/mol. The highest BCUT2D eigenvalue weighted by atomic mass is 35.5. The van der Waals surface area contributed by atoms with E-state index in [1.807, 2.05) is 25.1 Å². The molecule has 0 atom stereocenters.